The van der Waals surface area contributed by atoms with Gasteiger partial charge in [-0.15, -0.1) is 0 Å². The van der Waals surface area contributed by atoms with Crippen molar-refractivity contribution >= 4 is 33.0 Å². The number of carbonyl (C=O) groups is 1. The lowest BCUT2D eigenvalue weighted by Crippen LogP contribution is -2.35. The first-order valence-corrected chi connectivity index (χ1v) is 9.84. The zero-order valence-corrected chi connectivity index (χ0v) is 15.8. The molecule has 9 heteroatoms. The summed E-state index contributed by atoms with van der Waals surface area (Å²) in [5.41, 5.74) is 3.72. The van der Waals surface area contributed by atoms with Gasteiger partial charge in [-0.25, -0.2) is 18.6 Å². The minimum absolute atomic E-state index is 0.0668. The van der Waals surface area contributed by atoms with Crippen LogP contribution in [-0.2, 0) is 14.8 Å². The average molecular weight is 398 g/mol. The summed E-state index contributed by atoms with van der Waals surface area (Å²) >= 11 is 0. The van der Waals surface area contributed by atoms with Gasteiger partial charge in [0.15, 0.2) is 0 Å². The number of nitrogens with one attached hydrogen (secondary N) is 3. The third kappa shape index (κ3) is 4.70. The molecule has 0 fully saturated rings. The van der Waals surface area contributed by atoms with Crippen molar-refractivity contribution in [3.63, 3.8) is 0 Å². The number of sulfonamides is 1. The van der Waals surface area contributed by atoms with Gasteiger partial charge in [0.25, 0.3) is 11.5 Å². The van der Waals surface area contributed by atoms with E-state index in [4.69, 9.17) is 0 Å². The number of amides is 1. The second kappa shape index (κ2) is 8.15. The number of para-hydroxylation sites is 1. The molecule has 0 atom stereocenters. The Bertz CT molecular complexity index is 1200. The lowest BCUT2D eigenvalue weighted by atomic mass is 10.2. The zero-order chi connectivity index (χ0) is 20.1. The Morgan fingerprint density at radius 2 is 1.86 bits per heavy atom. The summed E-state index contributed by atoms with van der Waals surface area (Å²) in [5.74, 6) is -0.663. The van der Waals surface area contributed by atoms with Gasteiger partial charge in [-0.3, -0.25) is 9.59 Å². The third-order valence-corrected chi connectivity index (χ3v) is 5.35. The smallest absolute Gasteiger partial charge is 0.257 e. The molecular weight excluding hydrogens is 380 g/mol. The number of rotatable bonds is 6. The fourth-order valence-corrected chi connectivity index (χ4v) is 3.42. The molecule has 1 amide bonds. The van der Waals surface area contributed by atoms with E-state index in [-0.39, 0.29) is 16.0 Å². The molecule has 0 spiro atoms. The molecule has 1 aromatic heterocycles. The van der Waals surface area contributed by atoms with Crippen molar-refractivity contribution in [2.24, 2.45) is 5.10 Å². The number of hydrogen-bond acceptors (Lipinski definition) is 5. The Balaban J connectivity index is 1.60. The highest BCUT2D eigenvalue weighted by Crippen LogP contribution is 2.10. The fourth-order valence-electron chi connectivity index (χ4n) is 2.43. The minimum Gasteiger partial charge on any atom is -0.321 e. The van der Waals surface area contributed by atoms with E-state index in [1.807, 2.05) is 25.1 Å². The Morgan fingerprint density at radius 1 is 1.14 bits per heavy atom. The molecule has 0 radical (unpaired) electrons. The molecule has 3 N–H and O–H groups in total. The summed E-state index contributed by atoms with van der Waals surface area (Å²) in [4.78, 5) is 26.6. The maximum atomic E-state index is 12.1. The molecule has 2 aromatic carbocycles. The monoisotopic (exact) mass is 398 g/mol. The number of fused-ring (bicyclic) bond motifs is 1. The Hall–Kier alpha value is -3.30. The van der Waals surface area contributed by atoms with Gasteiger partial charge >= 0.3 is 0 Å². The first-order valence-electron chi connectivity index (χ1n) is 8.35. The fraction of sp³-hybridized carbons (Fsp3) is 0.105. The molecule has 0 saturated heterocycles. The number of H-pyrrole nitrogens is 1. The van der Waals surface area contributed by atoms with Gasteiger partial charge in [-0.1, -0.05) is 35.9 Å². The van der Waals surface area contributed by atoms with Crippen LogP contribution in [0.2, 0.25) is 0 Å². The van der Waals surface area contributed by atoms with Crippen molar-refractivity contribution in [3.8, 4) is 0 Å². The molecule has 0 unspecified atom stereocenters. The second-order valence-electron chi connectivity index (χ2n) is 6.07. The van der Waals surface area contributed by atoms with Gasteiger partial charge in [-0.2, -0.15) is 5.10 Å². The van der Waals surface area contributed by atoms with Crippen LogP contribution in [0.25, 0.3) is 10.9 Å². The van der Waals surface area contributed by atoms with E-state index < -0.39 is 22.5 Å². The van der Waals surface area contributed by atoms with Crippen LogP contribution in [0.15, 0.2) is 69.4 Å². The summed E-state index contributed by atoms with van der Waals surface area (Å²) in [5, 5.41) is 4.53. The first-order chi connectivity index (χ1) is 13.3. The number of nitrogens with zero attached hydrogens (tertiary/aromatic N) is 1. The van der Waals surface area contributed by atoms with Crippen molar-refractivity contribution in [1.82, 2.24) is 15.1 Å². The van der Waals surface area contributed by atoms with Gasteiger partial charge in [0.05, 0.1) is 23.2 Å². The summed E-state index contributed by atoms with van der Waals surface area (Å²) in [6.45, 7) is 1.36. The van der Waals surface area contributed by atoms with E-state index in [2.05, 4.69) is 20.2 Å². The molecule has 8 nitrogen and oxygen atoms in total. The molecule has 3 aromatic rings. The lowest BCUT2D eigenvalue weighted by molar-refractivity contribution is -0.119. The summed E-state index contributed by atoms with van der Waals surface area (Å²) in [6, 6.07) is 15.2. The molecular formula is C19H18N4O4S. The van der Waals surface area contributed by atoms with Gasteiger partial charge in [0.2, 0.25) is 10.0 Å². The highest BCUT2D eigenvalue weighted by atomic mass is 32.2. The van der Waals surface area contributed by atoms with E-state index in [0.717, 1.165) is 10.9 Å². The molecule has 0 saturated carbocycles. The van der Waals surface area contributed by atoms with Crippen molar-refractivity contribution in [3.05, 3.63) is 76.1 Å². The van der Waals surface area contributed by atoms with Crippen molar-refractivity contribution in [2.75, 3.05) is 6.54 Å². The van der Waals surface area contributed by atoms with Crippen LogP contribution in [0.3, 0.4) is 0 Å². The number of carbonyl (C=O) groups excluding carboxylic acids is 1. The van der Waals surface area contributed by atoms with Gasteiger partial charge < -0.3 is 4.98 Å². The van der Waals surface area contributed by atoms with Crippen LogP contribution < -0.4 is 15.7 Å². The molecule has 3 rings (SSSR count). The van der Waals surface area contributed by atoms with Crippen LogP contribution in [0.5, 0.6) is 0 Å². The highest BCUT2D eigenvalue weighted by Gasteiger charge is 2.14. The normalized spacial score (nSPS) is 11.8. The zero-order valence-electron chi connectivity index (χ0n) is 15.0. The number of hydrazone groups is 1. The number of benzene rings is 2. The predicted molar refractivity (Wildman–Crippen MR) is 107 cm³/mol. The van der Waals surface area contributed by atoms with Gasteiger partial charge in [-0.05, 0) is 36.6 Å². The van der Waals surface area contributed by atoms with E-state index in [0.29, 0.717) is 5.52 Å². The van der Waals surface area contributed by atoms with E-state index in [9.17, 15) is 18.0 Å². The Kier molecular flexibility index (Phi) is 5.67. The summed E-state index contributed by atoms with van der Waals surface area (Å²) in [6.07, 6.45) is 1.21. The molecule has 0 aliphatic heterocycles. The second-order valence-corrected chi connectivity index (χ2v) is 7.84. The van der Waals surface area contributed by atoms with Crippen molar-refractivity contribution in [2.45, 2.75) is 11.8 Å². The SMILES string of the molecule is Cc1ccc(S(=O)(=O)NCC(=O)N/N=C/c2cc3ccccc3[nH]c2=O)cc1. The van der Waals surface area contributed by atoms with Crippen LogP contribution in [0.1, 0.15) is 11.1 Å². The third-order valence-electron chi connectivity index (χ3n) is 3.93. The summed E-state index contributed by atoms with van der Waals surface area (Å²) < 4.78 is 26.5. The maximum absolute atomic E-state index is 12.1. The molecule has 0 aliphatic carbocycles. The first kappa shape index (κ1) is 19.5. The minimum atomic E-state index is -3.80. The van der Waals surface area contributed by atoms with Crippen LogP contribution >= 0.6 is 0 Å². The summed E-state index contributed by atoms with van der Waals surface area (Å²) in [7, 11) is -3.80. The molecule has 1 heterocycles. The number of aryl methyl sites for hydroxylation is 1. The largest absolute Gasteiger partial charge is 0.321 e. The average Bonchev–Trinajstić information content (AvgIpc) is 2.67. The van der Waals surface area contributed by atoms with E-state index in [1.54, 1.807) is 24.3 Å². The Labute approximate surface area is 161 Å². The van der Waals surface area contributed by atoms with E-state index in [1.165, 1.54) is 18.3 Å². The van der Waals surface area contributed by atoms with Crippen LogP contribution in [-0.4, -0.2) is 32.1 Å². The van der Waals surface area contributed by atoms with Crippen LogP contribution in [0.4, 0.5) is 0 Å². The molecule has 28 heavy (non-hydrogen) atoms. The molecule has 0 aliphatic rings. The van der Waals surface area contributed by atoms with Crippen molar-refractivity contribution in [1.29, 1.82) is 0 Å². The van der Waals surface area contributed by atoms with Crippen molar-refractivity contribution < 1.29 is 13.2 Å². The van der Waals surface area contributed by atoms with Gasteiger partial charge in [0.1, 0.15) is 0 Å². The highest BCUT2D eigenvalue weighted by molar-refractivity contribution is 7.89. The number of hydrogen-bond donors (Lipinski definition) is 3. The maximum Gasteiger partial charge on any atom is 0.257 e. The standard InChI is InChI=1S/C19H18N4O4S/c1-13-6-8-16(9-7-13)28(26,27)21-12-18(24)23-20-11-15-10-14-4-2-3-5-17(14)22-19(15)25/h2-11,21H,12H2,1H3,(H,22,25)(H,23,24)/b20-11+. The quantitative estimate of drug-likeness (QED) is 0.428. The molecule has 144 valence electrons. The Morgan fingerprint density at radius 3 is 2.61 bits per heavy atom. The lowest BCUT2D eigenvalue weighted by Gasteiger charge is -2.06. The topological polar surface area (TPSA) is 120 Å². The molecule has 0 bridgehead atoms. The number of pyridine rings is 1. The predicted octanol–water partition coefficient (Wildman–Crippen LogP) is 1.27. The number of aromatic nitrogens is 1. The van der Waals surface area contributed by atoms with E-state index >= 15 is 0 Å². The van der Waals surface area contributed by atoms with Gasteiger partial charge in [0, 0.05) is 5.52 Å². The number of aromatic amines is 1. The van der Waals surface area contributed by atoms with Crippen LogP contribution in [0, 0.1) is 6.92 Å².